The van der Waals surface area contributed by atoms with Crippen molar-refractivity contribution >= 4 is 23.2 Å². The van der Waals surface area contributed by atoms with E-state index in [1.165, 1.54) is 18.3 Å². The third-order valence-electron chi connectivity index (χ3n) is 3.32. The van der Waals surface area contributed by atoms with Gasteiger partial charge in [0.1, 0.15) is 0 Å². The first-order chi connectivity index (χ1) is 12.6. The van der Waals surface area contributed by atoms with Gasteiger partial charge in [0.2, 0.25) is 11.8 Å². The minimum Gasteiger partial charge on any atom is -0.468 e. The van der Waals surface area contributed by atoms with Gasteiger partial charge in [0.05, 0.1) is 11.9 Å². The Morgan fingerprint density at radius 3 is 2.19 bits per heavy atom. The predicted octanol–water partition coefficient (Wildman–Crippen LogP) is 3.87. The van der Waals surface area contributed by atoms with Crippen LogP contribution in [0.15, 0.2) is 42.6 Å². The minimum absolute atomic E-state index is 0.133. The van der Waals surface area contributed by atoms with Gasteiger partial charge in [0, 0.05) is 23.2 Å². The Labute approximate surface area is 153 Å². The quantitative estimate of drug-likeness (QED) is 0.796. The molecule has 27 heavy (non-hydrogen) atoms. The molecule has 0 aliphatic carbocycles. The number of hydrogen-bond donors (Lipinski definition) is 2. The Hall–Kier alpha value is -3.10. The molecule has 1 aromatic heterocycles. The van der Waals surface area contributed by atoms with Gasteiger partial charge in [-0.25, -0.2) is 4.98 Å². The van der Waals surface area contributed by atoms with Gasteiger partial charge in [-0.15, -0.1) is 0 Å². The van der Waals surface area contributed by atoms with Gasteiger partial charge in [-0.05, 0) is 30.3 Å². The number of nitrogens with one attached hydrogen (secondary N) is 2. The van der Waals surface area contributed by atoms with E-state index in [4.69, 9.17) is 0 Å². The van der Waals surface area contributed by atoms with Crippen molar-refractivity contribution in [1.82, 2.24) is 4.98 Å². The molecule has 2 N–H and O–H groups in total. The topological polar surface area (TPSA) is 80.3 Å². The molecule has 2 amide bonds. The van der Waals surface area contributed by atoms with Crippen LogP contribution in [0.3, 0.4) is 0 Å². The molecule has 2 rings (SSSR count). The van der Waals surface area contributed by atoms with Crippen LogP contribution in [0.5, 0.6) is 5.88 Å². The van der Waals surface area contributed by atoms with Gasteiger partial charge in [-0.2, -0.15) is 13.2 Å². The monoisotopic (exact) mass is 381 g/mol. The molecule has 0 bridgehead atoms. The van der Waals surface area contributed by atoms with E-state index in [2.05, 4.69) is 20.4 Å². The van der Waals surface area contributed by atoms with E-state index in [-0.39, 0.29) is 17.7 Å². The highest BCUT2D eigenvalue weighted by Crippen LogP contribution is 2.18. The second-order valence-corrected chi connectivity index (χ2v) is 5.96. The molecule has 0 unspecified atom stereocenters. The van der Waals surface area contributed by atoms with E-state index in [0.717, 1.165) is 0 Å². The van der Waals surface area contributed by atoms with Crippen LogP contribution < -0.4 is 15.4 Å². The molecule has 0 saturated carbocycles. The maximum Gasteiger partial charge on any atom is 0.422 e. The molecule has 6 nitrogen and oxygen atoms in total. The fourth-order valence-corrected chi connectivity index (χ4v) is 1.89. The van der Waals surface area contributed by atoms with Crippen LogP contribution in [0, 0.1) is 5.92 Å². The van der Waals surface area contributed by atoms with Crippen molar-refractivity contribution < 1.29 is 27.5 Å². The molecule has 0 fully saturated rings. The van der Waals surface area contributed by atoms with Crippen LogP contribution in [0.1, 0.15) is 24.2 Å². The molecule has 2 aromatic rings. The second kappa shape index (κ2) is 8.52. The molecule has 0 atom stereocenters. The zero-order chi connectivity index (χ0) is 20.0. The lowest BCUT2D eigenvalue weighted by Crippen LogP contribution is -2.19. The molecule has 144 valence electrons. The van der Waals surface area contributed by atoms with Gasteiger partial charge < -0.3 is 15.4 Å². The molecular weight excluding hydrogens is 363 g/mol. The molecule has 0 radical (unpaired) electrons. The summed E-state index contributed by atoms with van der Waals surface area (Å²) in [6.45, 7) is 2.10. The summed E-state index contributed by atoms with van der Waals surface area (Å²) in [5.74, 6) is -0.923. The van der Waals surface area contributed by atoms with Crippen LogP contribution in [-0.4, -0.2) is 29.6 Å². The first-order valence-corrected chi connectivity index (χ1v) is 8.02. The fourth-order valence-electron chi connectivity index (χ4n) is 1.89. The smallest absolute Gasteiger partial charge is 0.422 e. The summed E-state index contributed by atoms with van der Waals surface area (Å²) >= 11 is 0. The van der Waals surface area contributed by atoms with Gasteiger partial charge in [0.25, 0.3) is 5.91 Å². The number of benzene rings is 1. The van der Waals surface area contributed by atoms with Gasteiger partial charge in [-0.1, -0.05) is 13.8 Å². The SMILES string of the molecule is CC(C)C(=O)Nc1ccc(C(=O)Nc2ccc(OCC(F)(F)F)nc2)cc1. The summed E-state index contributed by atoms with van der Waals surface area (Å²) in [5.41, 5.74) is 1.21. The Balaban J connectivity index is 1.93. The van der Waals surface area contributed by atoms with Crippen LogP contribution >= 0.6 is 0 Å². The maximum atomic E-state index is 12.2. The molecule has 1 heterocycles. The Morgan fingerprint density at radius 2 is 1.67 bits per heavy atom. The van der Waals surface area contributed by atoms with Crippen molar-refractivity contribution in [1.29, 1.82) is 0 Å². The number of hydrogen-bond acceptors (Lipinski definition) is 4. The van der Waals surface area contributed by atoms with Gasteiger partial charge >= 0.3 is 6.18 Å². The number of alkyl halides is 3. The highest BCUT2D eigenvalue weighted by atomic mass is 19.4. The van der Waals surface area contributed by atoms with E-state index >= 15 is 0 Å². The maximum absolute atomic E-state index is 12.2. The van der Waals surface area contributed by atoms with Crippen molar-refractivity contribution in [2.24, 2.45) is 5.92 Å². The first kappa shape index (κ1) is 20.2. The summed E-state index contributed by atoms with van der Waals surface area (Å²) in [6, 6.07) is 8.89. The van der Waals surface area contributed by atoms with E-state index < -0.39 is 18.7 Å². The number of amides is 2. The molecule has 1 aromatic carbocycles. The van der Waals surface area contributed by atoms with Crippen LogP contribution in [-0.2, 0) is 4.79 Å². The molecule has 0 saturated heterocycles. The Bertz CT molecular complexity index is 788. The first-order valence-electron chi connectivity index (χ1n) is 8.02. The number of pyridine rings is 1. The third kappa shape index (κ3) is 6.61. The van der Waals surface area contributed by atoms with E-state index in [0.29, 0.717) is 16.9 Å². The molecule has 0 aliphatic heterocycles. The number of carbonyl (C=O) groups is 2. The summed E-state index contributed by atoms with van der Waals surface area (Å²) in [4.78, 5) is 27.5. The number of halogens is 3. The number of anilines is 2. The summed E-state index contributed by atoms with van der Waals surface area (Å²) in [6.07, 6.45) is -3.25. The zero-order valence-electron chi connectivity index (χ0n) is 14.6. The predicted molar refractivity (Wildman–Crippen MR) is 93.6 cm³/mol. The summed E-state index contributed by atoms with van der Waals surface area (Å²) in [5, 5.41) is 5.28. The lowest BCUT2D eigenvalue weighted by Gasteiger charge is -2.10. The van der Waals surface area contributed by atoms with E-state index in [9.17, 15) is 22.8 Å². The zero-order valence-corrected chi connectivity index (χ0v) is 14.6. The molecule has 9 heteroatoms. The lowest BCUT2D eigenvalue weighted by molar-refractivity contribution is -0.154. The highest BCUT2D eigenvalue weighted by Gasteiger charge is 2.28. The third-order valence-corrected chi connectivity index (χ3v) is 3.32. The summed E-state index contributed by atoms with van der Waals surface area (Å²) < 4.78 is 40.7. The van der Waals surface area contributed by atoms with Crippen molar-refractivity contribution in [2.75, 3.05) is 17.2 Å². The number of nitrogens with zero attached hydrogens (tertiary/aromatic N) is 1. The second-order valence-electron chi connectivity index (χ2n) is 5.96. The lowest BCUT2D eigenvalue weighted by atomic mass is 10.1. The minimum atomic E-state index is -4.45. The van der Waals surface area contributed by atoms with Crippen molar-refractivity contribution in [3.63, 3.8) is 0 Å². The average molecular weight is 381 g/mol. The molecule has 0 aliphatic rings. The Kier molecular flexibility index (Phi) is 6.38. The van der Waals surface area contributed by atoms with E-state index in [1.807, 2.05) is 0 Å². The number of carbonyl (C=O) groups excluding carboxylic acids is 2. The van der Waals surface area contributed by atoms with Gasteiger partial charge in [0.15, 0.2) is 6.61 Å². The molecule has 0 spiro atoms. The normalized spacial score (nSPS) is 11.2. The van der Waals surface area contributed by atoms with Crippen LogP contribution in [0.25, 0.3) is 0 Å². The average Bonchev–Trinajstić information content (AvgIpc) is 2.61. The number of aromatic nitrogens is 1. The number of ether oxygens (including phenoxy) is 1. The highest BCUT2D eigenvalue weighted by molar-refractivity contribution is 6.04. The van der Waals surface area contributed by atoms with Crippen LogP contribution in [0.4, 0.5) is 24.5 Å². The number of rotatable bonds is 6. The summed E-state index contributed by atoms with van der Waals surface area (Å²) in [7, 11) is 0. The standard InChI is InChI=1S/C18H18F3N3O3/c1-11(2)16(25)23-13-5-3-12(4-6-13)17(26)24-14-7-8-15(22-9-14)27-10-18(19,20)21/h3-9,11H,10H2,1-2H3,(H,23,25)(H,24,26). The molecular formula is C18H18F3N3O3. The van der Waals surface area contributed by atoms with Crippen molar-refractivity contribution in [2.45, 2.75) is 20.0 Å². The van der Waals surface area contributed by atoms with Crippen molar-refractivity contribution in [3.8, 4) is 5.88 Å². The fraction of sp³-hybridized carbons (Fsp3) is 0.278. The largest absolute Gasteiger partial charge is 0.468 e. The van der Waals surface area contributed by atoms with E-state index in [1.54, 1.807) is 38.1 Å². The Morgan fingerprint density at radius 1 is 1.04 bits per heavy atom. The van der Waals surface area contributed by atoms with Crippen LogP contribution in [0.2, 0.25) is 0 Å². The van der Waals surface area contributed by atoms with Gasteiger partial charge in [-0.3, -0.25) is 9.59 Å². The van der Waals surface area contributed by atoms with Crippen molar-refractivity contribution in [3.05, 3.63) is 48.2 Å².